The Bertz CT molecular complexity index is 571. The van der Waals surface area contributed by atoms with Crippen molar-refractivity contribution in [1.82, 2.24) is 15.5 Å². The minimum absolute atomic E-state index is 0.0570. The zero-order valence-electron chi connectivity index (χ0n) is 10.5. The highest BCUT2D eigenvalue weighted by atomic mass is 32.1. The van der Waals surface area contributed by atoms with Gasteiger partial charge in [-0.2, -0.15) is 0 Å². The molecule has 8 nitrogen and oxygen atoms in total. The molecule has 2 atom stereocenters. The Balaban J connectivity index is 2.10. The van der Waals surface area contributed by atoms with Crippen molar-refractivity contribution in [2.75, 3.05) is 7.05 Å². The molecule has 1 saturated heterocycles. The Labute approximate surface area is 119 Å². The first-order chi connectivity index (χ1) is 9.41. The van der Waals surface area contributed by atoms with Crippen LogP contribution >= 0.6 is 12.2 Å². The molecule has 1 fully saturated rings. The lowest BCUT2D eigenvalue weighted by molar-refractivity contribution is -0.125. The molecule has 2 heterocycles. The van der Waals surface area contributed by atoms with Gasteiger partial charge in [-0.3, -0.25) is 14.9 Å². The number of urea groups is 1. The molecule has 20 heavy (non-hydrogen) atoms. The van der Waals surface area contributed by atoms with Crippen LogP contribution in [0.3, 0.4) is 0 Å². The topological polar surface area (TPSA) is 118 Å². The molecule has 0 bridgehead atoms. The lowest BCUT2D eigenvalue weighted by Gasteiger charge is -2.35. The molecule has 9 heteroatoms. The van der Waals surface area contributed by atoms with E-state index in [0.29, 0.717) is 0 Å². The number of carbonyl (C=O) groups excluding carboxylic acids is 3. The predicted octanol–water partition coefficient (Wildman–Crippen LogP) is -0.581. The molecule has 2 unspecified atom stereocenters. The van der Waals surface area contributed by atoms with Gasteiger partial charge < -0.3 is 20.4 Å². The summed E-state index contributed by atoms with van der Waals surface area (Å²) < 4.78 is 4.91. The maximum atomic E-state index is 11.8. The first-order valence-corrected chi connectivity index (χ1v) is 6.04. The molecule has 0 spiro atoms. The molecule has 0 aromatic carbocycles. The molecule has 1 aliphatic rings. The van der Waals surface area contributed by atoms with Crippen molar-refractivity contribution in [3.05, 3.63) is 24.2 Å². The van der Waals surface area contributed by atoms with Gasteiger partial charge >= 0.3 is 6.03 Å². The van der Waals surface area contributed by atoms with Crippen LogP contribution in [0.4, 0.5) is 4.79 Å². The molecule has 4 N–H and O–H groups in total. The van der Waals surface area contributed by atoms with E-state index in [1.165, 1.54) is 19.4 Å². The SMILES string of the molecule is CN1C(=O)NC(=O)C(C(=S)NC(=O)c2ccco2)C1N. The fraction of sp³-hybridized carbons (Fsp3) is 0.273. The molecular formula is C11H12N4O4S. The Morgan fingerprint density at radius 3 is 2.85 bits per heavy atom. The molecule has 4 amide bonds. The van der Waals surface area contributed by atoms with E-state index in [2.05, 4.69) is 10.6 Å². The smallest absolute Gasteiger partial charge is 0.325 e. The number of imide groups is 1. The van der Waals surface area contributed by atoms with E-state index >= 15 is 0 Å². The van der Waals surface area contributed by atoms with Crippen molar-refractivity contribution in [1.29, 1.82) is 0 Å². The predicted molar refractivity (Wildman–Crippen MR) is 71.5 cm³/mol. The second kappa shape index (κ2) is 5.39. The molecule has 0 radical (unpaired) electrons. The Morgan fingerprint density at radius 2 is 2.25 bits per heavy atom. The van der Waals surface area contributed by atoms with Gasteiger partial charge in [0, 0.05) is 7.05 Å². The van der Waals surface area contributed by atoms with E-state index in [0.717, 1.165) is 4.90 Å². The number of thiocarbonyl (C=S) groups is 1. The highest BCUT2D eigenvalue weighted by molar-refractivity contribution is 7.80. The Kier molecular flexibility index (Phi) is 3.81. The van der Waals surface area contributed by atoms with Crippen molar-refractivity contribution in [2.24, 2.45) is 11.7 Å². The summed E-state index contributed by atoms with van der Waals surface area (Å²) in [6.07, 6.45) is 0.393. The van der Waals surface area contributed by atoms with Crippen LogP contribution in [0.1, 0.15) is 10.6 Å². The molecule has 1 aromatic rings. The van der Waals surface area contributed by atoms with Crippen molar-refractivity contribution < 1.29 is 18.8 Å². The van der Waals surface area contributed by atoms with E-state index in [-0.39, 0.29) is 10.7 Å². The van der Waals surface area contributed by atoms with Gasteiger partial charge in [0.05, 0.1) is 17.4 Å². The lowest BCUT2D eigenvalue weighted by Crippen LogP contribution is -2.65. The number of nitrogens with two attached hydrogens (primary N) is 1. The molecule has 0 saturated carbocycles. The molecule has 1 aliphatic heterocycles. The van der Waals surface area contributed by atoms with E-state index in [1.54, 1.807) is 6.07 Å². The van der Waals surface area contributed by atoms with Crippen molar-refractivity contribution in [3.63, 3.8) is 0 Å². The maximum absolute atomic E-state index is 11.8. The summed E-state index contributed by atoms with van der Waals surface area (Å²) in [4.78, 5) is 36.0. The summed E-state index contributed by atoms with van der Waals surface area (Å²) >= 11 is 5.02. The van der Waals surface area contributed by atoms with Crippen LogP contribution in [-0.2, 0) is 4.79 Å². The quantitative estimate of drug-likeness (QED) is 0.628. The number of amides is 4. The van der Waals surface area contributed by atoms with Gasteiger partial charge in [0.25, 0.3) is 5.91 Å². The molecular weight excluding hydrogens is 284 g/mol. The number of nitrogens with zero attached hydrogens (tertiary/aromatic N) is 1. The maximum Gasteiger partial charge on any atom is 0.325 e. The fourth-order valence-electron chi connectivity index (χ4n) is 1.72. The first-order valence-electron chi connectivity index (χ1n) is 5.63. The monoisotopic (exact) mass is 296 g/mol. The van der Waals surface area contributed by atoms with E-state index in [9.17, 15) is 14.4 Å². The minimum Gasteiger partial charge on any atom is -0.459 e. The van der Waals surface area contributed by atoms with Crippen LogP contribution in [-0.4, -0.2) is 40.9 Å². The number of hydrogen-bond donors (Lipinski definition) is 3. The highest BCUT2D eigenvalue weighted by Crippen LogP contribution is 2.13. The summed E-state index contributed by atoms with van der Waals surface area (Å²) in [5.74, 6) is -2.18. The first kappa shape index (κ1) is 14.2. The van der Waals surface area contributed by atoms with Crippen LogP contribution in [0.25, 0.3) is 0 Å². The average Bonchev–Trinajstić information content (AvgIpc) is 2.90. The average molecular weight is 296 g/mol. The van der Waals surface area contributed by atoms with Crippen molar-refractivity contribution >= 4 is 35.1 Å². The van der Waals surface area contributed by atoms with Crippen molar-refractivity contribution in [2.45, 2.75) is 6.17 Å². The van der Waals surface area contributed by atoms with Gasteiger partial charge in [0.2, 0.25) is 5.91 Å². The zero-order valence-corrected chi connectivity index (χ0v) is 11.3. The number of hydrogen-bond acceptors (Lipinski definition) is 6. The largest absolute Gasteiger partial charge is 0.459 e. The number of nitrogens with one attached hydrogen (secondary N) is 2. The van der Waals surface area contributed by atoms with Gasteiger partial charge in [-0.05, 0) is 12.1 Å². The van der Waals surface area contributed by atoms with Gasteiger partial charge in [0.15, 0.2) is 5.76 Å². The fourth-order valence-corrected chi connectivity index (χ4v) is 2.06. The summed E-state index contributed by atoms with van der Waals surface area (Å²) in [5, 5.41) is 4.47. The molecule has 1 aromatic heterocycles. The van der Waals surface area contributed by atoms with Crippen LogP contribution in [0.15, 0.2) is 22.8 Å². The Morgan fingerprint density at radius 1 is 1.55 bits per heavy atom. The highest BCUT2D eigenvalue weighted by Gasteiger charge is 2.40. The number of rotatable bonds is 2. The number of carbonyl (C=O) groups is 3. The third-order valence-corrected chi connectivity index (χ3v) is 3.24. The van der Waals surface area contributed by atoms with Crippen LogP contribution in [0, 0.1) is 5.92 Å². The summed E-state index contributed by atoms with van der Waals surface area (Å²) in [7, 11) is 1.43. The molecule has 0 aliphatic carbocycles. The Hall–Kier alpha value is -2.26. The molecule has 2 rings (SSSR count). The third-order valence-electron chi connectivity index (χ3n) is 2.89. The number of furan rings is 1. The van der Waals surface area contributed by atoms with Crippen LogP contribution in [0.2, 0.25) is 0 Å². The summed E-state index contributed by atoms with van der Waals surface area (Å²) in [6, 6.07) is 2.39. The van der Waals surface area contributed by atoms with E-state index in [4.69, 9.17) is 22.4 Å². The lowest BCUT2D eigenvalue weighted by atomic mass is 10.0. The third kappa shape index (κ3) is 2.53. The summed E-state index contributed by atoms with van der Waals surface area (Å²) in [5.41, 5.74) is 5.78. The van der Waals surface area contributed by atoms with Gasteiger partial charge in [-0.1, -0.05) is 12.2 Å². The van der Waals surface area contributed by atoms with Crippen LogP contribution < -0.4 is 16.4 Å². The zero-order chi connectivity index (χ0) is 14.9. The normalized spacial score (nSPS) is 22.4. The minimum atomic E-state index is -1.01. The standard InChI is InChI=1S/C11H12N4O4S/c1-15-7(12)6(9(17)14-11(15)18)10(20)13-8(16)5-3-2-4-19-5/h2-4,6-7H,12H2,1H3,(H,13,16,20)(H,14,17,18). The van der Waals surface area contributed by atoms with E-state index < -0.39 is 29.9 Å². The van der Waals surface area contributed by atoms with Gasteiger partial charge in [0.1, 0.15) is 5.92 Å². The van der Waals surface area contributed by atoms with Crippen LogP contribution in [0.5, 0.6) is 0 Å². The molecule has 106 valence electrons. The van der Waals surface area contributed by atoms with Gasteiger partial charge in [-0.25, -0.2) is 4.79 Å². The second-order valence-electron chi connectivity index (χ2n) is 4.17. The van der Waals surface area contributed by atoms with E-state index in [1.807, 2.05) is 0 Å². The van der Waals surface area contributed by atoms with Crippen molar-refractivity contribution in [3.8, 4) is 0 Å². The summed E-state index contributed by atoms with van der Waals surface area (Å²) in [6.45, 7) is 0. The van der Waals surface area contributed by atoms with Gasteiger partial charge in [-0.15, -0.1) is 0 Å². The second-order valence-corrected chi connectivity index (χ2v) is 4.61.